The zero-order valence-corrected chi connectivity index (χ0v) is 10.8. The van der Waals surface area contributed by atoms with Gasteiger partial charge in [0.15, 0.2) is 0 Å². The first-order chi connectivity index (χ1) is 7.99. The third kappa shape index (κ3) is 4.99. The summed E-state index contributed by atoms with van der Waals surface area (Å²) in [6, 6.07) is 1.35. The molecule has 0 amide bonds. The fourth-order valence-corrected chi connectivity index (χ4v) is 1.23. The van der Waals surface area contributed by atoms with Crippen molar-refractivity contribution in [2.75, 3.05) is 13.2 Å². The Kier molecular flexibility index (Phi) is 5.15. The topological polar surface area (TPSA) is 64.2 Å². The molecule has 0 atom stereocenters. The minimum Gasteiger partial charge on any atom is -0.475 e. The van der Waals surface area contributed by atoms with Crippen molar-refractivity contribution in [2.24, 2.45) is 0 Å². The summed E-state index contributed by atoms with van der Waals surface area (Å²) in [5.74, 6) is 1.15. The van der Waals surface area contributed by atoms with Crippen molar-refractivity contribution >= 4 is 0 Å². The van der Waals surface area contributed by atoms with Crippen LogP contribution in [-0.2, 0) is 4.74 Å². The number of nitrogens with one attached hydrogen (secondary N) is 1. The lowest BCUT2D eigenvalue weighted by atomic mass is 10.2. The van der Waals surface area contributed by atoms with Crippen LogP contribution in [0.15, 0.2) is 10.9 Å². The minimum absolute atomic E-state index is 0.165. The van der Waals surface area contributed by atoms with Crippen LogP contribution in [0.5, 0.6) is 5.88 Å². The van der Waals surface area contributed by atoms with Crippen molar-refractivity contribution < 1.29 is 9.47 Å². The number of nitrogens with zero attached hydrogens (tertiary/aromatic N) is 1. The van der Waals surface area contributed by atoms with Crippen LogP contribution in [0.25, 0.3) is 0 Å². The maximum absolute atomic E-state index is 11.3. The third-order valence-electron chi connectivity index (χ3n) is 2.07. The molecule has 1 aromatic rings. The highest BCUT2D eigenvalue weighted by Crippen LogP contribution is 2.10. The monoisotopic (exact) mass is 240 g/mol. The zero-order chi connectivity index (χ0) is 12.8. The summed E-state index contributed by atoms with van der Waals surface area (Å²) >= 11 is 0. The highest BCUT2D eigenvalue weighted by molar-refractivity contribution is 5.10. The van der Waals surface area contributed by atoms with Gasteiger partial charge in [-0.1, -0.05) is 13.8 Å². The van der Waals surface area contributed by atoms with Gasteiger partial charge >= 0.3 is 0 Å². The summed E-state index contributed by atoms with van der Waals surface area (Å²) in [4.78, 5) is 18.2. The van der Waals surface area contributed by atoms with Gasteiger partial charge in [-0.2, -0.15) is 4.98 Å². The van der Waals surface area contributed by atoms with Gasteiger partial charge in [-0.3, -0.25) is 4.79 Å². The molecule has 0 aliphatic rings. The van der Waals surface area contributed by atoms with E-state index in [0.717, 1.165) is 0 Å². The van der Waals surface area contributed by atoms with E-state index in [4.69, 9.17) is 9.47 Å². The van der Waals surface area contributed by atoms with E-state index in [0.29, 0.717) is 24.9 Å². The normalized spacial score (nSPS) is 11.2. The van der Waals surface area contributed by atoms with E-state index in [9.17, 15) is 4.79 Å². The maximum Gasteiger partial charge on any atom is 0.254 e. The summed E-state index contributed by atoms with van der Waals surface area (Å²) in [6.07, 6.45) is 0.178. The molecule has 5 nitrogen and oxygen atoms in total. The van der Waals surface area contributed by atoms with E-state index < -0.39 is 0 Å². The first-order valence-corrected chi connectivity index (χ1v) is 5.84. The molecule has 17 heavy (non-hydrogen) atoms. The van der Waals surface area contributed by atoms with E-state index in [1.807, 2.05) is 27.7 Å². The minimum atomic E-state index is -0.191. The van der Waals surface area contributed by atoms with Gasteiger partial charge in [0.25, 0.3) is 5.56 Å². The number of rotatable bonds is 6. The Morgan fingerprint density at radius 2 is 2.00 bits per heavy atom. The van der Waals surface area contributed by atoms with E-state index in [1.165, 1.54) is 6.07 Å². The van der Waals surface area contributed by atoms with Gasteiger partial charge < -0.3 is 14.5 Å². The highest BCUT2D eigenvalue weighted by Gasteiger charge is 2.05. The van der Waals surface area contributed by atoms with Gasteiger partial charge in [-0.15, -0.1) is 0 Å². The molecule has 0 aromatic carbocycles. The first-order valence-electron chi connectivity index (χ1n) is 5.84. The maximum atomic E-state index is 11.3. The average molecular weight is 240 g/mol. The quantitative estimate of drug-likeness (QED) is 0.769. The zero-order valence-electron chi connectivity index (χ0n) is 10.8. The van der Waals surface area contributed by atoms with Crippen molar-refractivity contribution in [3.8, 4) is 5.88 Å². The van der Waals surface area contributed by atoms with Gasteiger partial charge in [0, 0.05) is 5.92 Å². The van der Waals surface area contributed by atoms with Gasteiger partial charge in [-0.25, -0.2) is 0 Å². The number of ether oxygens (including phenoxy) is 2. The lowest BCUT2D eigenvalue weighted by Crippen LogP contribution is -2.16. The molecule has 0 saturated heterocycles. The fourth-order valence-electron chi connectivity index (χ4n) is 1.23. The fraction of sp³-hybridized carbons (Fsp3) is 0.667. The van der Waals surface area contributed by atoms with E-state index in [-0.39, 0.29) is 17.6 Å². The summed E-state index contributed by atoms with van der Waals surface area (Å²) in [5, 5.41) is 0. The molecule has 1 aromatic heterocycles. The number of hydrogen-bond donors (Lipinski definition) is 1. The molecule has 0 bridgehead atoms. The lowest BCUT2D eigenvalue weighted by Gasteiger charge is -2.10. The molecule has 1 heterocycles. The Morgan fingerprint density at radius 3 is 2.59 bits per heavy atom. The molecule has 0 aliphatic heterocycles. The molecular weight excluding hydrogens is 220 g/mol. The van der Waals surface area contributed by atoms with Crippen molar-refractivity contribution in [1.29, 1.82) is 0 Å². The Labute approximate surface area is 101 Å². The Hall–Kier alpha value is -1.36. The second-order valence-electron chi connectivity index (χ2n) is 4.39. The van der Waals surface area contributed by atoms with Gasteiger partial charge in [0.2, 0.25) is 5.88 Å². The van der Waals surface area contributed by atoms with Crippen LogP contribution < -0.4 is 10.3 Å². The molecule has 0 unspecified atom stereocenters. The van der Waals surface area contributed by atoms with Crippen LogP contribution in [0.2, 0.25) is 0 Å². The molecule has 1 rings (SSSR count). The summed E-state index contributed by atoms with van der Waals surface area (Å²) in [7, 11) is 0. The summed E-state index contributed by atoms with van der Waals surface area (Å²) in [5.41, 5.74) is -0.191. The predicted octanol–water partition coefficient (Wildman–Crippen LogP) is 1.70. The van der Waals surface area contributed by atoms with Crippen LogP contribution in [0.1, 0.15) is 39.4 Å². The Morgan fingerprint density at radius 1 is 1.29 bits per heavy atom. The van der Waals surface area contributed by atoms with Crippen molar-refractivity contribution in [3.63, 3.8) is 0 Å². The van der Waals surface area contributed by atoms with E-state index >= 15 is 0 Å². The lowest BCUT2D eigenvalue weighted by molar-refractivity contribution is 0.0541. The van der Waals surface area contributed by atoms with E-state index in [1.54, 1.807) is 0 Å². The molecular formula is C12H20N2O3. The first kappa shape index (κ1) is 13.7. The third-order valence-corrected chi connectivity index (χ3v) is 2.07. The van der Waals surface area contributed by atoms with Crippen LogP contribution in [0.3, 0.4) is 0 Å². The molecule has 1 N–H and O–H groups in total. The SMILES string of the molecule is CC(C)OCCOc1cc(=O)[nH]c(C(C)C)n1. The van der Waals surface area contributed by atoms with Crippen LogP contribution in [0.4, 0.5) is 0 Å². The standard InChI is InChI=1S/C12H20N2O3/c1-8(2)12-13-10(15)7-11(14-12)17-6-5-16-9(3)4/h7-9H,5-6H2,1-4H3,(H,13,14,15). The number of hydrogen-bond acceptors (Lipinski definition) is 4. The van der Waals surface area contributed by atoms with Gasteiger partial charge in [-0.05, 0) is 13.8 Å². The largest absolute Gasteiger partial charge is 0.475 e. The molecule has 0 aliphatic carbocycles. The van der Waals surface area contributed by atoms with Crippen LogP contribution in [0, 0.1) is 0 Å². The molecule has 0 radical (unpaired) electrons. The summed E-state index contributed by atoms with van der Waals surface area (Å²) < 4.78 is 10.7. The van der Waals surface area contributed by atoms with Crippen LogP contribution >= 0.6 is 0 Å². The summed E-state index contributed by atoms with van der Waals surface area (Å²) in [6.45, 7) is 8.73. The molecule has 96 valence electrons. The van der Waals surface area contributed by atoms with Crippen molar-refractivity contribution in [3.05, 3.63) is 22.2 Å². The van der Waals surface area contributed by atoms with Crippen LogP contribution in [-0.4, -0.2) is 29.3 Å². The molecule has 0 spiro atoms. The van der Waals surface area contributed by atoms with Gasteiger partial charge in [0.1, 0.15) is 12.4 Å². The smallest absolute Gasteiger partial charge is 0.254 e. The molecule has 5 heteroatoms. The molecule has 0 saturated carbocycles. The second kappa shape index (κ2) is 6.39. The average Bonchev–Trinajstić information content (AvgIpc) is 2.23. The van der Waals surface area contributed by atoms with E-state index in [2.05, 4.69) is 9.97 Å². The number of aromatic nitrogens is 2. The predicted molar refractivity (Wildman–Crippen MR) is 65.5 cm³/mol. The van der Waals surface area contributed by atoms with Gasteiger partial charge in [0.05, 0.1) is 18.8 Å². The molecule has 0 fully saturated rings. The number of H-pyrrole nitrogens is 1. The van der Waals surface area contributed by atoms with Crippen molar-refractivity contribution in [2.45, 2.75) is 39.7 Å². The second-order valence-corrected chi connectivity index (χ2v) is 4.39. The van der Waals surface area contributed by atoms with Crippen molar-refractivity contribution in [1.82, 2.24) is 9.97 Å². The highest BCUT2D eigenvalue weighted by atomic mass is 16.5. The number of aromatic amines is 1. The Balaban J connectivity index is 2.56. The Bertz CT molecular complexity index is 399.